The van der Waals surface area contributed by atoms with Crippen molar-refractivity contribution in [3.8, 4) is 0 Å². The van der Waals surface area contributed by atoms with Crippen LogP contribution in [0.5, 0.6) is 0 Å². The molecule has 0 spiro atoms. The van der Waals surface area contributed by atoms with Crippen LogP contribution < -0.4 is 10.6 Å². The molecule has 0 bridgehead atoms. The van der Waals surface area contributed by atoms with Crippen molar-refractivity contribution < 1.29 is 23.5 Å². The van der Waals surface area contributed by atoms with Crippen molar-refractivity contribution in [2.75, 3.05) is 11.9 Å². The lowest BCUT2D eigenvalue weighted by Crippen LogP contribution is -2.37. The second-order valence-electron chi connectivity index (χ2n) is 4.57. The summed E-state index contributed by atoms with van der Waals surface area (Å²) in [6, 6.07) is 11.2. The molecule has 24 heavy (non-hydrogen) atoms. The first-order valence-corrected chi connectivity index (χ1v) is 7.53. The summed E-state index contributed by atoms with van der Waals surface area (Å²) in [7, 11) is 0. The Morgan fingerprint density at radius 3 is 2.50 bits per heavy atom. The van der Waals surface area contributed by atoms with Gasteiger partial charge in [-0.2, -0.15) is 0 Å². The lowest BCUT2D eigenvalue weighted by molar-refractivity contribution is -0.123. The Morgan fingerprint density at radius 1 is 1.08 bits per heavy atom. The Bertz CT molecular complexity index is 768. The van der Waals surface area contributed by atoms with Crippen molar-refractivity contribution >= 4 is 39.5 Å². The van der Waals surface area contributed by atoms with Gasteiger partial charge in [0.05, 0.1) is 5.56 Å². The van der Waals surface area contributed by atoms with Gasteiger partial charge in [-0.05, 0) is 46.3 Å². The third-order valence-corrected chi connectivity index (χ3v) is 3.46. The molecular formula is C16H12BrFN2O4. The maximum atomic E-state index is 13.1. The summed E-state index contributed by atoms with van der Waals surface area (Å²) in [5.74, 6) is -2.32. The number of ether oxygens (including phenoxy) is 1. The molecular weight excluding hydrogens is 383 g/mol. The third kappa shape index (κ3) is 5.17. The van der Waals surface area contributed by atoms with Gasteiger partial charge in [0.2, 0.25) is 0 Å². The summed E-state index contributed by atoms with van der Waals surface area (Å²) in [5, 5.41) is 4.45. The standard InChI is InChI=1S/C16H12BrFN2O4/c17-13-7-6-10(18)8-12(13)15(22)24-9-14(21)20-16(23)19-11-4-2-1-3-5-11/h1-8H,9H2,(H2,19,20,21,23). The number of hydrogen-bond acceptors (Lipinski definition) is 4. The Kier molecular flexibility index (Phi) is 6.02. The van der Waals surface area contributed by atoms with Crippen LogP contribution in [0.2, 0.25) is 0 Å². The van der Waals surface area contributed by atoms with E-state index in [2.05, 4.69) is 21.2 Å². The van der Waals surface area contributed by atoms with E-state index in [1.54, 1.807) is 30.3 Å². The molecule has 0 aliphatic heterocycles. The zero-order chi connectivity index (χ0) is 17.5. The Morgan fingerprint density at radius 2 is 1.79 bits per heavy atom. The fraction of sp³-hybridized carbons (Fsp3) is 0.0625. The Hall–Kier alpha value is -2.74. The number of amides is 3. The van der Waals surface area contributed by atoms with Crippen LogP contribution in [-0.4, -0.2) is 24.5 Å². The van der Waals surface area contributed by atoms with Crippen molar-refractivity contribution in [3.05, 3.63) is 64.4 Å². The molecule has 2 rings (SSSR count). The number of esters is 1. The maximum Gasteiger partial charge on any atom is 0.339 e. The van der Waals surface area contributed by atoms with E-state index < -0.39 is 30.3 Å². The smallest absolute Gasteiger partial charge is 0.339 e. The van der Waals surface area contributed by atoms with Crippen molar-refractivity contribution in [1.82, 2.24) is 5.32 Å². The van der Waals surface area contributed by atoms with Gasteiger partial charge >= 0.3 is 12.0 Å². The van der Waals surface area contributed by atoms with Crippen molar-refractivity contribution in [3.63, 3.8) is 0 Å². The molecule has 8 heteroatoms. The van der Waals surface area contributed by atoms with Gasteiger partial charge in [0.1, 0.15) is 5.82 Å². The average molecular weight is 395 g/mol. The van der Waals surface area contributed by atoms with E-state index in [9.17, 15) is 18.8 Å². The molecule has 124 valence electrons. The number of anilines is 1. The van der Waals surface area contributed by atoms with Crippen molar-refractivity contribution in [1.29, 1.82) is 0 Å². The molecule has 0 radical (unpaired) electrons. The average Bonchev–Trinajstić information content (AvgIpc) is 2.55. The number of carbonyl (C=O) groups excluding carboxylic acids is 3. The van der Waals surface area contributed by atoms with E-state index in [4.69, 9.17) is 4.74 Å². The summed E-state index contributed by atoms with van der Waals surface area (Å²) in [4.78, 5) is 35.0. The fourth-order valence-electron chi connectivity index (χ4n) is 1.71. The molecule has 0 fully saturated rings. The van der Waals surface area contributed by atoms with Gasteiger partial charge < -0.3 is 10.1 Å². The molecule has 0 unspecified atom stereocenters. The highest BCUT2D eigenvalue weighted by molar-refractivity contribution is 9.10. The van der Waals surface area contributed by atoms with Gasteiger partial charge in [-0.25, -0.2) is 14.0 Å². The Balaban J connectivity index is 1.83. The minimum absolute atomic E-state index is 0.0588. The second kappa shape index (κ2) is 8.21. The van der Waals surface area contributed by atoms with Gasteiger partial charge in [0.25, 0.3) is 5.91 Å². The molecule has 0 heterocycles. The molecule has 2 aromatic rings. The number of para-hydroxylation sites is 1. The quantitative estimate of drug-likeness (QED) is 0.780. The van der Waals surface area contributed by atoms with Crippen LogP contribution in [0.15, 0.2) is 53.0 Å². The van der Waals surface area contributed by atoms with Gasteiger partial charge in [0.15, 0.2) is 6.61 Å². The molecule has 6 nitrogen and oxygen atoms in total. The van der Waals surface area contributed by atoms with Gasteiger partial charge in [0, 0.05) is 10.2 Å². The molecule has 2 aromatic carbocycles. The molecule has 0 aliphatic rings. The summed E-state index contributed by atoms with van der Waals surface area (Å²) < 4.78 is 18.2. The van der Waals surface area contributed by atoms with Crippen LogP contribution in [0, 0.1) is 5.82 Å². The van der Waals surface area contributed by atoms with Crippen LogP contribution in [0.25, 0.3) is 0 Å². The van der Waals surface area contributed by atoms with Gasteiger partial charge in [-0.1, -0.05) is 18.2 Å². The van der Waals surface area contributed by atoms with E-state index in [1.165, 1.54) is 12.1 Å². The topological polar surface area (TPSA) is 84.5 Å². The van der Waals surface area contributed by atoms with Gasteiger partial charge in [-0.15, -0.1) is 0 Å². The number of carbonyl (C=O) groups is 3. The first kappa shape index (κ1) is 17.6. The summed E-state index contributed by atoms with van der Waals surface area (Å²) >= 11 is 3.08. The molecule has 0 saturated carbocycles. The highest BCUT2D eigenvalue weighted by Crippen LogP contribution is 2.18. The lowest BCUT2D eigenvalue weighted by Gasteiger charge is -2.08. The number of hydrogen-bond donors (Lipinski definition) is 2. The zero-order valence-electron chi connectivity index (χ0n) is 12.2. The van der Waals surface area contributed by atoms with E-state index >= 15 is 0 Å². The number of urea groups is 1. The molecule has 0 aromatic heterocycles. The molecule has 0 atom stereocenters. The molecule has 0 saturated heterocycles. The zero-order valence-corrected chi connectivity index (χ0v) is 13.8. The maximum absolute atomic E-state index is 13.1. The van der Waals surface area contributed by atoms with E-state index in [0.29, 0.717) is 10.2 Å². The molecule has 2 N–H and O–H groups in total. The van der Waals surface area contributed by atoms with Crippen LogP contribution in [0.1, 0.15) is 10.4 Å². The van der Waals surface area contributed by atoms with Crippen molar-refractivity contribution in [2.24, 2.45) is 0 Å². The van der Waals surface area contributed by atoms with E-state index in [0.717, 1.165) is 6.07 Å². The minimum Gasteiger partial charge on any atom is -0.452 e. The minimum atomic E-state index is -0.889. The van der Waals surface area contributed by atoms with Gasteiger partial charge in [-0.3, -0.25) is 10.1 Å². The number of benzene rings is 2. The molecule has 3 amide bonds. The fourth-order valence-corrected chi connectivity index (χ4v) is 2.12. The summed E-state index contributed by atoms with van der Waals surface area (Å²) in [5.41, 5.74) is 0.444. The highest BCUT2D eigenvalue weighted by Gasteiger charge is 2.15. The SMILES string of the molecule is O=C(COC(=O)c1cc(F)ccc1Br)NC(=O)Nc1ccccc1. The second-order valence-corrected chi connectivity index (χ2v) is 5.42. The number of nitrogens with one attached hydrogen (secondary N) is 2. The van der Waals surface area contributed by atoms with Crippen LogP contribution in [0.4, 0.5) is 14.9 Å². The highest BCUT2D eigenvalue weighted by atomic mass is 79.9. The normalized spacial score (nSPS) is 9.92. The van der Waals surface area contributed by atoms with Crippen molar-refractivity contribution in [2.45, 2.75) is 0 Å². The van der Waals surface area contributed by atoms with E-state index in [-0.39, 0.29) is 5.56 Å². The Labute approximate surface area is 145 Å². The van der Waals surface area contributed by atoms with E-state index in [1.807, 2.05) is 5.32 Å². The van der Waals surface area contributed by atoms with Crippen LogP contribution in [0.3, 0.4) is 0 Å². The first-order valence-electron chi connectivity index (χ1n) is 6.74. The first-order chi connectivity index (χ1) is 11.5. The van der Waals surface area contributed by atoms with Crippen LogP contribution >= 0.6 is 15.9 Å². The predicted molar refractivity (Wildman–Crippen MR) is 88.0 cm³/mol. The van der Waals surface area contributed by atoms with Crippen LogP contribution in [-0.2, 0) is 9.53 Å². The largest absolute Gasteiger partial charge is 0.452 e. The number of imide groups is 1. The third-order valence-electron chi connectivity index (χ3n) is 2.77. The summed E-state index contributed by atoms with van der Waals surface area (Å²) in [6.45, 7) is -0.677. The monoisotopic (exact) mass is 394 g/mol. The molecule has 0 aliphatic carbocycles. The lowest BCUT2D eigenvalue weighted by atomic mass is 10.2. The predicted octanol–water partition coefficient (Wildman–Crippen LogP) is 3.09. The number of halogens is 2. The number of rotatable bonds is 4. The summed E-state index contributed by atoms with van der Waals surface area (Å²) in [6.07, 6.45) is 0.